The molecular formula is C23H17ClF2. The third-order valence-corrected chi connectivity index (χ3v) is 4.35. The minimum absolute atomic E-state index is 0.0758. The standard InChI is InChI=1S/C23H17ClF2/c1-2-3-17-8-12-20(22(25)14-17)19-10-6-16(7-11-19)4-5-18-9-13-21(24)23(26)15-18/h6-15H,2-3H2,1H3. The lowest BCUT2D eigenvalue weighted by Crippen LogP contribution is -1.89. The van der Waals surface area contributed by atoms with Crippen LogP contribution < -0.4 is 0 Å². The fourth-order valence-corrected chi connectivity index (χ4v) is 2.81. The van der Waals surface area contributed by atoms with Crippen LogP contribution in [-0.4, -0.2) is 0 Å². The molecule has 3 aromatic rings. The van der Waals surface area contributed by atoms with Crippen molar-refractivity contribution in [3.8, 4) is 23.0 Å². The molecule has 0 radical (unpaired) electrons. The van der Waals surface area contributed by atoms with Crippen LogP contribution in [0.15, 0.2) is 60.7 Å². The van der Waals surface area contributed by atoms with Crippen LogP contribution in [0.2, 0.25) is 5.02 Å². The maximum absolute atomic E-state index is 14.3. The molecule has 3 aromatic carbocycles. The van der Waals surface area contributed by atoms with E-state index >= 15 is 0 Å². The molecule has 0 aliphatic carbocycles. The molecule has 0 atom stereocenters. The van der Waals surface area contributed by atoms with Crippen LogP contribution in [0.5, 0.6) is 0 Å². The summed E-state index contributed by atoms with van der Waals surface area (Å²) in [7, 11) is 0. The maximum atomic E-state index is 14.3. The van der Waals surface area contributed by atoms with Crippen LogP contribution in [-0.2, 0) is 6.42 Å². The average molecular weight is 367 g/mol. The lowest BCUT2D eigenvalue weighted by molar-refractivity contribution is 0.627. The second-order valence-corrected chi connectivity index (χ2v) is 6.43. The normalized spacial score (nSPS) is 10.3. The van der Waals surface area contributed by atoms with E-state index in [0.717, 1.165) is 29.5 Å². The zero-order valence-corrected chi connectivity index (χ0v) is 15.1. The van der Waals surface area contributed by atoms with Gasteiger partial charge in [-0.05, 0) is 53.9 Å². The first-order chi connectivity index (χ1) is 12.6. The van der Waals surface area contributed by atoms with E-state index in [0.29, 0.717) is 11.1 Å². The molecule has 3 heteroatoms. The van der Waals surface area contributed by atoms with Gasteiger partial charge >= 0.3 is 0 Å². The van der Waals surface area contributed by atoms with Gasteiger partial charge in [0, 0.05) is 16.7 Å². The molecule has 0 aliphatic rings. The van der Waals surface area contributed by atoms with Gasteiger partial charge in [-0.3, -0.25) is 0 Å². The SMILES string of the molecule is CCCc1ccc(-c2ccc(C#Cc3ccc(Cl)c(F)c3)cc2)c(F)c1. The second kappa shape index (κ2) is 8.17. The molecule has 0 saturated carbocycles. The lowest BCUT2D eigenvalue weighted by atomic mass is 10.0. The molecule has 0 unspecified atom stereocenters. The highest BCUT2D eigenvalue weighted by atomic mass is 35.5. The van der Waals surface area contributed by atoms with Gasteiger partial charge in [0.15, 0.2) is 0 Å². The van der Waals surface area contributed by atoms with Gasteiger partial charge in [-0.25, -0.2) is 8.78 Å². The number of hydrogen-bond donors (Lipinski definition) is 0. The van der Waals surface area contributed by atoms with Gasteiger partial charge in [0.1, 0.15) is 11.6 Å². The first-order valence-electron chi connectivity index (χ1n) is 8.43. The predicted molar refractivity (Wildman–Crippen MR) is 103 cm³/mol. The second-order valence-electron chi connectivity index (χ2n) is 6.02. The Kier molecular flexibility index (Phi) is 5.71. The van der Waals surface area contributed by atoms with Crippen LogP contribution in [0, 0.1) is 23.5 Å². The summed E-state index contributed by atoms with van der Waals surface area (Å²) in [5.41, 5.74) is 3.70. The minimum atomic E-state index is -0.490. The first-order valence-corrected chi connectivity index (χ1v) is 8.80. The Hall–Kier alpha value is -2.63. The zero-order valence-electron chi connectivity index (χ0n) is 14.3. The van der Waals surface area contributed by atoms with Crippen LogP contribution >= 0.6 is 11.6 Å². The quantitative estimate of drug-likeness (QED) is 0.456. The molecule has 0 amide bonds. The number of aryl methyl sites for hydroxylation is 1. The molecule has 3 rings (SSSR count). The van der Waals surface area contributed by atoms with E-state index in [1.165, 1.54) is 12.1 Å². The Balaban J connectivity index is 1.81. The Morgan fingerprint density at radius 2 is 1.50 bits per heavy atom. The predicted octanol–water partition coefficient (Wildman–Crippen LogP) is 6.64. The molecule has 0 aliphatic heterocycles. The molecule has 0 spiro atoms. The van der Waals surface area contributed by atoms with Crippen LogP contribution in [0.25, 0.3) is 11.1 Å². The summed E-state index contributed by atoms with van der Waals surface area (Å²) in [4.78, 5) is 0. The summed E-state index contributed by atoms with van der Waals surface area (Å²) in [5, 5.41) is 0.0758. The summed E-state index contributed by atoms with van der Waals surface area (Å²) < 4.78 is 27.8. The average Bonchev–Trinajstić information content (AvgIpc) is 2.64. The summed E-state index contributed by atoms with van der Waals surface area (Å²) in [6.07, 6.45) is 1.86. The number of halogens is 3. The molecule has 0 aromatic heterocycles. The molecule has 0 N–H and O–H groups in total. The van der Waals surface area contributed by atoms with Gasteiger partial charge in [-0.1, -0.05) is 61.1 Å². The van der Waals surface area contributed by atoms with Crippen molar-refractivity contribution >= 4 is 11.6 Å². The Morgan fingerprint density at radius 3 is 2.15 bits per heavy atom. The van der Waals surface area contributed by atoms with E-state index in [2.05, 4.69) is 18.8 Å². The highest BCUT2D eigenvalue weighted by molar-refractivity contribution is 6.30. The van der Waals surface area contributed by atoms with E-state index < -0.39 is 5.82 Å². The Morgan fingerprint density at radius 1 is 0.808 bits per heavy atom. The number of rotatable bonds is 3. The van der Waals surface area contributed by atoms with Crippen molar-refractivity contribution in [2.45, 2.75) is 19.8 Å². The molecule has 0 heterocycles. The Labute approximate surface area is 157 Å². The van der Waals surface area contributed by atoms with Gasteiger partial charge < -0.3 is 0 Å². The molecule has 130 valence electrons. The summed E-state index contributed by atoms with van der Waals surface area (Å²) in [6.45, 7) is 2.07. The largest absolute Gasteiger partial charge is 0.206 e. The monoisotopic (exact) mass is 366 g/mol. The zero-order chi connectivity index (χ0) is 18.5. The van der Waals surface area contributed by atoms with E-state index in [1.807, 2.05) is 36.4 Å². The van der Waals surface area contributed by atoms with Gasteiger partial charge in [0.05, 0.1) is 5.02 Å². The van der Waals surface area contributed by atoms with Crippen molar-refractivity contribution in [2.75, 3.05) is 0 Å². The van der Waals surface area contributed by atoms with Crippen molar-refractivity contribution in [1.29, 1.82) is 0 Å². The van der Waals surface area contributed by atoms with E-state index in [1.54, 1.807) is 12.1 Å². The van der Waals surface area contributed by atoms with Crippen molar-refractivity contribution in [2.24, 2.45) is 0 Å². The summed E-state index contributed by atoms with van der Waals surface area (Å²) in [6, 6.07) is 17.2. The van der Waals surface area contributed by atoms with Gasteiger partial charge in [0.2, 0.25) is 0 Å². The smallest absolute Gasteiger partial charge is 0.143 e. The van der Waals surface area contributed by atoms with Gasteiger partial charge in [0.25, 0.3) is 0 Å². The first kappa shape index (κ1) is 18.2. The van der Waals surface area contributed by atoms with E-state index in [-0.39, 0.29) is 10.8 Å². The fraction of sp³-hybridized carbons (Fsp3) is 0.130. The number of benzene rings is 3. The van der Waals surface area contributed by atoms with Crippen molar-refractivity contribution in [1.82, 2.24) is 0 Å². The highest BCUT2D eigenvalue weighted by Gasteiger charge is 2.06. The third-order valence-electron chi connectivity index (χ3n) is 4.04. The molecule has 0 fully saturated rings. The Bertz CT molecular complexity index is 979. The third kappa shape index (κ3) is 4.31. The number of hydrogen-bond acceptors (Lipinski definition) is 0. The summed E-state index contributed by atoms with van der Waals surface area (Å²) >= 11 is 5.66. The van der Waals surface area contributed by atoms with Crippen molar-refractivity contribution in [3.63, 3.8) is 0 Å². The molecule has 0 saturated heterocycles. The highest BCUT2D eigenvalue weighted by Crippen LogP contribution is 2.24. The van der Waals surface area contributed by atoms with E-state index in [4.69, 9.17) is 11.6 Å². The van der Waals surface area contributed by atoms with Gasteiger partial charge in [-0.2, -0.15) is 0 Å². The topological polar surface area (TPSA) is 0 Å². The lowest BCUT2D eigenvalue weighted by Gasteiger charge is -2.06. The molecule has 26 heavy (non-hydrogen) atoms. The molecule has 0 nitrogen and oxygen atoms in total. The fourth-order valence-electron chi connectivity index (χ4n) is 2.69. The van der Waals surface area contributed by atoms with Gasteiger partial charge in [-0.15, -0.1) is 0 Å². The molecular weight excluding hydrogens is 350 g/mol. The van der Waals surface area contributed by atoms with E-state index in [9.17, 15) is 8.78 Å². The molecule has 0 bridgehead atoms. The van der Waals surface area contributed by atoms with Crippen molar-refractivity contribution < 1.29 is 8.78 Å². The maximum Gasteiger partial charge on any atom is 0.143 e. The summed E-state index contributed by atoms with van der Waals surface area (Å²) in [5.74, 6) is 5.17. The van der Waals surface area contributed by atoms with Crippen LogP contribution in [0.3, 0.4) is 0 Å². The minimum Gasteiger partial charge on any atom is -0.206 e. The van der Waals surface area contributed by atoms with Crippen LogP contribution in [0.4, 0.5) is 8.78 Å². The van der Waals surface area contributed by atoms with Crippen LogP contribution in [0.1, 0.15) is 30.0 Å². The van der Waals surface area contributed by atoms with Crippen molar-refractivity contribution in [3.05, 3.63) is 94.0 Å².